The lowest BCUT2D eigenvalue weighted by Gasteiger charge is -2.28. The van der Waals surface area contributed by atoms with E-state index in [9.17, 15) is 0 Å². The third-order valence-corrected chi connectivity index (χ3v) is 7.87. The molecule has 33 heavy (non-hydrogen) atoms. The van der Waals surface area contributed by atoms with Gasteiger partial charge in [-0.3, -0.25) is 0 Å². The Morgan fingerprint density at radius 1 is 0.697 bits per heavy atom. The minimum absolute atomic E-state index is 0.939. The monoisotopic (exact) mass is 448 g/mol. The van der Waals surface area contributed by atoms with Crippen LogP contribution in [0.1, 0.15) is 121 Å². The first kappa shape index (κ1) is 25.9. The Kier molecular flexibility index (Phi) is 11.4. The summed E-state index contributed by atoms with van der Waals surface area (Å²) in [6.45, 7) is 6.87. The van der Waals surface area contributed by atoms with Crippen LogP contribution in [0, 0.1) is 18.8 Å². The molecular weight excluding hydrogens is 400 g/mol. The van der Waals surface area contributed by atoms with E-state index < -0.39 is 0 Å². The molecule has 1 heterocycles. The van der Waals surface area contributed by atoms with E-state index in [-0.39, 0.29) is 0 Å². The summed E-state index contributed by atoms with van der Waals surface area (Å²) in [5.74, 6) is 2.94. The second kappa shape index (κ2) is 14.5. The van der Waals surface area contributed by atoms with E-state index in [1.807, 2.05) is 12.4 Å². The van der Waals surface area contributed by atoms with Crippen LogP contribution in [0.15, 0.2) is 30.6 Å². The van der Waals surface area contributed by atoms with Crippen molar-refractivity contribution in [2.45, 2.75) is 124 Å². The summed E-state index contributed by atoms with van der Waals surface area (Å²) in [6, 6.07) is 6.96. The lowest BCUT2D eigenvalue weighted by Crippen LogP contribution is -2.15. The first-order valence-electron chi connectivity index (χ1n) is 14.1. The number of hydrogen-bond donors (Lipinski definition) is 0. The van der Waals surface area contributed by atoms with E-state index in [2.05, 4.69) is 48.9 Å². The second-order valence-electron chi connectivity index (χ2n) is 10.6. The third kappa shape index (κ3) is 8.87. The molecule has 1 aromatic heterocycles. The van der Waals surface area contributed by atoms with Gasteiger partial charge >= 0.3 is 0 Å². The highest BCUT2D eigenvalue weighted by Gasteiger charge is 2.20. The summed E-state index contributed by atoms with van der Waals surface area (Å²) < 4.78 is 0. The molecule has 2 nitrogen and oxygen atoms in total. The van der Waals surface area contributed by atoms with Gasteiger partial charge in [-0.2, -0.15) is 0 Å². The van der Waals surface area contributed by atoms with Crippen LogP contribution in [-0.2, 0) is 12.8 Å². The molecule has 1 aliphatic carbocycles. The molecule has 182 valence electrons. The van der Waals surface area contributed by atoms with E-state index in [0.717, 1.165) is 29.6 Å². The lowest BCUT2D eigenvalue weighted by molar-refractivity contribution is 0.252. The van der Waals surface area contributed by atoms with Crippen molar-refractivity contribution >= 4 is 0 Å². The van der Waals surface area contributed by atoms with Crippen LogP contribution in [0.4, 0.5) is 0 Å². The average molecular weight is 449 g/mol. The van der Waals surface area contributed by atoms with E-state index in [0.29, 0.717) is 0 Å². The molecule has 0 N–H and O–H groups in total. The van der Waals surface area contributed by atoms with Crippen LogP contribution in [0.5, 0.6) is 0 Å². The largest absolute Gasteiger partial charge is 0.241 e. The molecule has 0 aliphatic heterocycles. The zero-order valence-corrected chi connectivity index (χ0v) is 21.7. The van der Waals surface area contributed by atoms with Crippen LogP contribution >= 0.6 is 0 Å². The van der Waals surface area contributed by atoms with Gasteiger partial charge in [0.1, 0.15) is 5.82 Å². The van der Waals surface area contributed by atoms with Crippen LogP contribution in [0.25, 0.3) is 11.1 Å². The number of hydrogen-bond acceptors (Lipinski definition) is 2. The maximum atomic E-state index is 4.66. The van der Waals surface area contributed by atoms with Gasteiger partial charge in [0.15, 0.2) is 0 Å². The predicted octanol–water partition coefficient (Wildman–Crippen LogP) is 9.28. The topological polar surface area (TPSA) is 25.8 Å². The molecule has 0 bridgehead atoms. The first-order chi connectivity index (χ1) is 16.2. The maximum Gasteiger partial charge on any atom is 0.128 e. The van der Waals surface area contributed by atoms with Gasteiger partial charge in [0.2, 0.25) is 0 Å². The predicted molar refractivity (Wildman–Crippen MR) is 143 cm³/mol. The highest BCUT2D eigenvalue weighted by atomic mass is 14.9. The third-order valence-electron chi connectivity index (χ3n) is 7.87. The molecule has 3 rings (SSSR count). The molecule has 0 unspecified atom stereocenters. The van der Waals surface area contributed by atoms with Crippen molar-refractivity contribution in [1.82, 2.24) is 9.97 Å². The normalized spacial score (nSPS) is 18.5. The summed E-state index contributed by atoms with van der Waals surface area (Å²) >= 11 is 0. The van der Waals surface area contributed by atoms with Crippen molar-refractivity contribution in [3.63, 3.8) is 0 Å². The molecule has 0 amide bonds. The minimum Gasteiger partial charge on any atom is -0.241 e. The summed E-state index contributed by atoms with van der Waals surface area (Å²) in [6.07, 6.45) is 25.6. The van der Waals surface area contributed by atoms with Crippen molar-refractivity contribution < 1.29 is 0 Å². The minimum atomic E-state index is 0.939. The van der Waals surface area contributed by atoms with Gasteiger partial charge in [0, 0.05) is 24.4 Å². The molecule has 1 aromatic carbocycles. The Labute approximate surface area is 204 Å². The number of benzene rings is 1. The average Bonchev–Trinajstić information content (AvgIpc) is 2.84. The molecule has 0 radical (unpaired) electrons. The van der Waals surface area contributed by atoms with Crippen molar-refractivity contribution in [2.24, 2.45) is 11.8 Å². The molecule has 2 aromatic rings. The van der Waals surface area contributed by atoms with Crippen LogP contribution in [-0.4, -0.2) is 9.97 Å². The van der Waals surface area contributed by atoms with Crippen molar-refractivity contribution in [3.8, 4) is 11.1 Å². The summed E-state index contributed by atoms with van der Waals surface area (Å²) in [4.78, 5) is 9.32. The summed E-state index contributed by atoms with van der Waals surface area (Å²) in [7, 11) is 0. The molecule has 0 saturated heterocycles. The zero-order chi connectivity index (χ0) is 23.3. The number of aromatic nitrogens is 2. The van der Waals surface area contributed by atoms with E-state index in [4.69, 9.17) is 0 Å². The van der Waals surface area contributed by atoms with Crippen LogP contribution < -0.4 is 0 Å². The Hall–Kier alpha value is -1.70. The SMILES string of the molecule is CCCCCCCCCc1ncc(-c2ccc(CC[C@H]3CC[C@H](CCC)CC3)c(C)c2)cn1. The molecular formula is C31H48N2. The van der Waals surface area contributed by atoms with Crippen molar-refractivity contribution in [3.05, 3.63) is 47.5 Å². The Bertz CT molecular complexity index is 787. The fourth-order valence-corrected chi connectivity index (χ4v) is 5.61. The molecule has 1 fully saturated rings. The Balaban J connectivity index is 1.42. The van der Waals surface area contributed by atoms with E-state index in [1.54, 1.807) is 0 Å². The molecule has 0 spiro atoms. The highest BCUT2D eigenvalue weighted by molar-refractivity contribution is 5.63. The van der Waals surface area contributed by atoms with Crippen molar-refractivity contribution in [2.75, 3.05) is 0 Å². The van der Waals surface area contributed by atoms with Gasteiger partial charge in [0.05, 0.1) is 0 Å². The number of unbranched alkanes of at least 4 members (excludes halogenated alkanes) is 6. The first-order valence-corrected chi connectivity index (χ1v) is 14.1. The van der Waals surface area contributed by atoms with E-state index in [1.165, 1.54) is 113 Å². The van der Waals surface area contributed by atoms with Gasteiger partial charge in [0.25, 0.3) is 0 Å². The number of rotatable bonds is 14. The molecule has 0 atom stereocenters. The lowest BCUT2D eigenvalue weighted by atomic mass is 9.78. The fourth-order valence-electron chi connectivity index (χ4n) is 5.61. The fraction of sp³-hybridized carbons (Fsp3) is 0.677. The number of nitrogens with zero attached hydrogens (tertiary/aromatic N) is 2. The Morgan fingerprint density at radius 2 is 1.33 bits per heavy atom. The Morgan fingerprint density at radius 3 is 1.97 bits per heavy atom. The standard InChI is InChI=1S/C31H48N2/c1-4-6-7-8-9-10-11-13-31-32-23-30(24-33-31)29-21-20-28(25(3)22-29)19-18-27-16-14-26(12-5-2)15-17-27/h20-24,26-27H,4-19H2,1-3H3/t26-,27-. The van der Waals surface area contributed by atoms with Gasteiger partial charge in [-0.25, -0.2) is 9.97 Å². The van der Waals surface area contributed by atoms with Gasteiger partial charge in [-0.1, -0.05) is 109 Å². The zero-order valence-electron chi connectivity index (χ0n) is 21.7. The van der Waals surface area contributed by atoms with Crippen LogP contribution in [0.3, 0.4) is 0 Å². The summed E-state index contributed by atoms with van der Waals surface area (Å²) in [5.41, 5.74) is 5.33. The molecule has 1 saturated carbocycles. The second-order valence-corrected chi connectivity index (χ2v) is 10.6. The van der Waals surface area contributed by atoms with E-state index >= 15 is 0 Å². The smallest absolute Gasteiger partial charge is 0.128 e. The summed E-state index contributed by atoms with van der Waals surface area (Å²) in [5, 5.41) is 0. The quantitative estimate of drug-likeness (QED) is 0.269. The van der Waals surface area contributed by atoms with Gasteiger partial charge < -0.3 is 0 Å². The highest BCUT2D eigenvalue weighted by Crippen LogP contribution is 2.34. The maximum absolute atomic E-state index is 4.66. The van der Waals surface area contributed by atoms with Crippen LogP contribution in [0.2, 0.25) is 0 Å². The molecule has 2 heteroatoms. The van der Waals surface area contributed by atoms with Gasteiger partial charge in [-0.05, 0) is 54.7 Å². The number of aryl methyl sites for hydroxylation is 3. The van der Waals surface area contributed by atoms with Gasteiger partial charge in [-0.15, -0.1) is 0 Å². The van der Waals surface area contributed by atoms with Crippen molar-refractivity contribution in [1.29, 1.82) is 0 Å². The molecule has 1 aliphatic rings.